The molecule has 0 amide bonds. The zero-order chi connectivity index (χ0) is 19.5. The van der Waals surface area contributed by atoms with Crippen LogP contribution in [0.4, 0.5) is 5.82 Å². The van der Waals surface area contributed by atoms with Gasteiger partial charge in [-0.05, 0) is 38.3 Å². The molecular weight excluding hydrogens is 384 g/mol. The number of halogens is 1. The van der Waals surface area contributed by atoms with Crippen LogP contribution in [-0.4, -0.2) is 56.2 Å². The van der Waals surface area contributed by atoms with Gasteiger partial charge in [-0.25, -0.2) is 4.98 Å². The lowest BCUT2D eigenvalue weighted by Gasteiger charge is -2.24. The van der Waals surface area contributed by atoms with Crippen molar-refractivity contribution >= 4 is 28.6 Å². The first-order chi connectivity index (χ1) is 13.4. The van der Waals surface area contributed by atoms with Gasteiger partial charge >= 0.3 is 0 Å². The fraction of sp³-hybridized carbons (Fsp3) is 0.722. The maximum Gasteiger partial charge on any atom is 0.226 e. The summed E-state index contributed by atoms with van der Waals surface area (Å²) in [6.07, 6.45) is 5.14. The van der Waals surface area contributed by atoms with E-state index >= 15 is 0 Å². The maximum absolute atomic E-state index is 6.24. The molecule has 0 radical (unpaired) electrons. The predicted molar refractivity (Wildman–Crippen MR) is 103 cm³/mol. The molecule has 4 heterocycles. The molecule has 1 saturated carbocycles. The smallest absolute Gasteiger partial charge is 0.226 e. The molecule has 2 aliphatic heterocycles. The minimum atomic E-state index is -0.691. The van der Waals surface area contributed by atoms with Crippen molar-refractivity contribution in [2.24, 2.45) is 5.73 Å². The zero-order valence-electron chi connectivity index (χ0n) is 16.0. The normalized spacial score (nSPS) is 32.3. The minimum Gasteiger partial charge on any atom is -0.365 e. The van der Waals surface area contributed by atoms with Gasteiger partial charge in [0.05, 0.1) is 6.33 Å². The van der Waals surface area contributed by atoms with Crippen molar-refractivity contribution in [3.05, 3.63) is 11.6 Å². The Morgan fingerprint density at radius 2 is 2.00 bits per heavy atom. The van der Waals surface area contributed by atoms with Gasteiger partial charge in [0.15, 0.2) is 29.0 Å². The molecule has 1 aliphatic carbocycles. The average Bonchev–Trinajstić information content (AvgIpc) is 3.38. The van der Waals surface area contributed by atoms with Crippen molar-refractivity contribution in [1.82, 2.24) is 19.5 Å². The number of imidazole rings is 1. The Morgan fingerprint density at radius 3 is 2.75 bits per heavy atom. The number of ether oxygens (including phenoxy) is 3. The lowest BCUT2D eigenvalue weighted by Crippen LogP contribution is -2.34. The van der Waals surface area contributed by atoms with Crippen LogP contribution in [0.15, 0.2) is 6.33 Å². The molecule has 3 aliphatic rings. The van der Waals surface area contributed by atoms with Crippen molar-refractivity contribution in [3.63, 3.8) is 0 Å². The summed E-state index contributed by atoms with van der Waals surface area (Å²) < 4.78 is 20.1. The summed E-state index contributed by atoms with van der Waals surface area (Å²) in [5.74, 6) is -0.0299. The third kappa shape index (κ3) is 3.05. The predicted octanol–water partition coefficient (Wildman–Crippen LogP) is 2.21. The Bertz CT molecular complexity index is 884. The van der Waals surface area contributed by atoms with E-state index in [2.05, 4.69) is 20.3 Å². The first-order valence-corrected chi connectivity index (χ1v) is 10.2. The van der Waals surface area contributed by atoms with Gasteiger partial charge < -0.3 is 25.3 Å². The number of hydrogen-bond donors (Lipinski definition) is 2. The van der Waals surface area contributed by atoms with Gasteiger partial charge in [0, 0.05) is 12.6 Å². The highest BCUT2D eigenvalue weighted by Crippen LogP contribution is 2.43. The SMILES string of the molecule is CC1(C)O[C@@H]2[C@H](O1)[C@@H](CN)O[C@H]2n1cnc2c(NC3CCCC3)nc(Cl)nc21. The van der Waals surface area contributed by atoms with Gasteiger partial charge in [0.1, 0.15) is 18.3 Å². The van der Waals surface area contributed by atoms with Crippen molar-refractivity contribution in [3.8, 4) is 0 Å². The summed E-state index contributed by atoms with van der Waals surface area (Å²) >= 11 is 6.24. The molecule has 2 aromatic rings. The highest BCUT2D eigenvalue weighted by atomic mass is 35.5. The molecule has 2 saturated heterocycles. The second-order valence-corrected chi connectivity index (χ2v) is 8.49. The molecular formula is C18H25ClN6O3. The summed E-state index contributed by atoms with van der Waals surface area (Å²) in [5.41, 5.74) is 7.18. The van der Waals surface area contributed by atoms with Gasteiger partial charge in [-0.3, -0.25) is 4.57 Å². The third-order valence-electron chi connectivity index (χ3n) is 5.72. The lowest BCUT2D eigenvalue weighted by molar-refractivity contribution is -0.195. The number of rotatable bonds is 4. The summed E-state index contributed by atoms with van der Waals surface area (Å²) in [6, 6.07) is 0.389. The molecule has 5 rings (SSSR count). The largest absolute Gasteiger partial charge is 0.365 e. The van der Waals surface area contributed by atoms with Crippen LogP contribution in [-0.2, 0) is 14.2 Å². The summed E-state index contributed by atoms with van der Waals surface area (Å²) in [7, 11) is 0. The quantitative estimate of drug-likeness (QED) is 0.741. The maximum atomic E-state index is 6.24. The Balaban J connectivity index is 1.52. The molecule has 28 heavy (non-hydrogen) atoms. The number of anilines is 1. The highest BCUT2D eigenvalue weighted by Gasteiger charge is 2.55. The summed E-state index contributed by atoms with van der Waals surface area (Å²) in [6.45, 7) is 4.13. The van der Waals surface area contributed by atoms with E-state index in [-0.39, 0.29) is 23.6 Å². The van der Waals surface area contributed by atoms with Gasteiger partial charge in [0.2, 0.25) is 5.28 Å². The van der Waals surface area contributed by atoms with Gasteiger partial charge in [-0.2, -0.15) is 9.97 Å². The molecule has 0 unspecified atom stereocenters. The van der Waals surface area contributed by atoms with Crippen LogP contribution in [0.1, 0.15) is 45.8 Å². The molecule has 0 aromatic carbocycles. The molecule has 152 valence electrons. The molecule has 9 nitrogen and oxygen atoms in total. The standard InChI is InChI=1S/C18H25ClN6O3/c1-18(2)27-12-10(7-20)26-16(13(12)28-18)25-8-21-11-14(22-9-5-3-4-6-9)23-17(19)24-15(11)25/h8-10,12-13,16H,3-7,20H2,1-2H3,(H,22,23,24)/t10-,12-,13-,16-/m1/s1. The fourth-order valence-electron chi connectivity index (χ4n) is 4.51. The van der Waals surface area contributed by atoms with E-state index in [0.717, 1.165) is 12.8 Å². The van der Waals surface area contributed by atoms with E-state index in [1.54, 1.807) is 6.33 Å². The number of aromatic nitrogens is 4. The molecule has 0 bridgehead atoms. The van der Waals surface area contributed by atoms with Crippen LogP contribution in [0, 0.1) is 0 Å². The molecule has 0 spiro atoms. The average molecular weight is 409 g/mol. The number of nitrogens with two attached hydrogens (primary N) is 1. The van der Waals surface area contributed by atoms with Crippen LogP contribution in [0.3, 0.4) is 0 Å². The molecule has 10 heteroatoms. The Hall–Kier alpha value is -1.52. The lowest BCUT2D eigenvalue weighted by atomic mass is 10.1. The second-order valence-electron chi connectivity index (χ2n) is 8.16. The third-order valence-corrected chi connectivity index (χ3v) is 5.89. The Morgan fingerprint density at radius 1 is 1.25 bits per heavy atom. The van der Waals surface area contributed by atoms with Crippen LogP contribution in [0.2, 0.25) is 5.28 Å². The number of nitrogens with one attached hydrogen (secondary N) is 1. The van der Waals surface area contributed by atoms with E-state index in [1.807, 2.05) is 18.4 Å². The van der Waals surface area contributed by atoms with Gasteiger partial charge in [-0.1, -0.05) is 12.8 Å². The monoisotopic (exact) mass is 408 g/mol. The van der Waals surface area contributed by atoms with E-state index < -0.39 is 12.0 Å². The van der Waals surface area contributed by atoms with Gasteiger partial charge in [0.25, 0.3) is 0 Å². The molecule has 4 atom stereocenters. The number of nitrogens with zero attached hydrogens (tertiary/aromatic N) is 4. The van der Waals surface area contributed by atoms with E-state index in [0.29, 0.717) is 29.6 Å². The number of fused-ring (bicyclic) bond motifs is 2. The Kier molecular flexibility index (Phi) is 4.48. The topological polar surface area (TPSA) is 109 Å². The minimum absolute atomic E-state index is 0.170. The first-order valence-electron chi connectivity index (χ1n) is 9.83. The first kappa shape index (κ1) is 18.5. The van der Waals surface area contributed by atoms with Crippen molar-refractivity contribution in [1.29, 1.82) is 0 Å². The van der Waals surface area contributed by atoms with E-state index in [4.69, 9.17) is 31.5 Å². The van der Waals surface area contributed by atoms with Crippen LogP contribution in [0.25, 0.3) is 11.2 Å². The van der Waals surface area contributed by atoms with Crippen LogP contribution >= 0.6 is 11.6 Å². The van der Waals surface area contributed by atoms with Crippen LogP contribution < -0.4 is 11.1 Å². The molecule has 2 aromatic heterocycles. The molecule has 3 fully saturated rings. The Labute approximate surface area is 167 Å². The fourth-order valence-corrected chi connectivity index (χ4v) is 4.68. The van der Waals surface area contributed by atoms with E-state index in [9.17, 15) is 0 Å². The van der Waals surface area contributed by atoms with Crippen molar-refractivity contribution in [2.75, 3.05) is 11.9 Å². The summed E-state index contributed by atoms with van der Waals surface area (Å²) in [4.78, 5) is 13.4. The second kappa shape index (κ2) is 6.77. The molecule has 3 N–H and O–H groups in total. The van der Waals surface area contributed by atoms with E-state index in [1.165, 1.54) is 12.8 Å². The van der Waals surface area contributed by atoms with Crippen LogP contribution in [0.5, 0.6) is 0 Å². The number of hydrogen-bond acceptors (Lipinski definition) is 8. The zero-order valence-corrected chi connectivity index (χ0v) is 16.7. The highest BCUT2D eigenvalue weighted by molar-refractivity contribution is 6.28. The van der Waals surface area contributed by atoms with Crippen molar-refractivity contribution < 1.29 is 14.2 Å². The van der Waals surface area contributed by atoms with Crippen molar-refractivity contribution in [2.45, 2.75) is 75.9 Å². The van der Waals surface area contributed by atoms with Gasteiger partial charge in [-0.15, -0.1) is 0 Å². The summed E-state index contributed by atoms with van der Waals surface area (Å²) in [5, 5.41) is 3.65.